The average Bonchev–Trinajstić information content (AvgIpc) is 3.29. The highest BCUT2D eigenvalue weighted by Crippen LogP contribution is 2.15. The molecule has 0 radical (unpaired) electrons. The Balaban J connectivity index is 1.48. The first-order valence-corrected chi connectivity index (χ1v) is 8.95. The predicted octanol–water partition coefficient (Wildman–Crippen LogP) is 2.84. The summed E-state index contributed by atoms with van der Waals surface area (Å²) in [6, 6.07) is 14.0. The van der Waals surface area contributed by atoms with Gasteiger partial charge in [0, 0.05) is 26.2 Å². The van der Waals surface area contributed by atoms with Crippen LogP contribution in [0.25, 0.3) is 0 Å². The van der Waals surface area contributed by atoms with Crippen molar-refractivity contribution in [2.24, 2.45) is 0 Å². The van der Waals surface area contributed by atoms with Crippen LogP contribution in [0.15, 0.2) is 53.1 Å². The summed E-state index contributed by atoms with van der Waals surface area (Å²) in [6.07, 6.45) is 3.56. The highest BCUT2D eigenvalue weighted by molar-refractivity contribution is 5.14. The van der Waals surface area contributed by atoms with Crippen LogP contribution < -0.4 is 0 Å². The largest absolute Gasteiger partial charge is 0.467 e. The van der Waals surface area contributed by atoms with Crippen molar-refractivity contribution in [1.82, 2.24) is 4.90 Å². The van der Waals surface area contributed by atoms with Gasteiger partial charge in [-0.3, -0.25) is 4.90 Å². The van der Waals surface area contributed by atoms with Crippen LogP contribution in [0.5, 0.6) is 0 Å². The van der Waals surface area contributed by atoms with E-state index in [1.807, 2.05) is 30.3 Å². The Hall–Kier alpha value is -1.66. The van der Waals surface area contributed by atoms with Crippen molar-refractivity contribution >= 4 is 0 Å². The molecule has 0 unspecified atom stereocenters. The minimum atomic E-state index is -0.542. The van der Waals surface area contributed by atoms with Gasteiger partial charge in [0.25, 0.3) is 0 Å². The SMILES string of the molecule is O[C@H](COCc1ccco1)CN(Cc1ccccc1)C[C@@H]1CCCO1. The third-order valence-corrected chi connectivity index (χ3v) is 4.34. The van der Waals surface area contributed by atoms with Gasteiger partial charge in [0.05, 0.1) is 25.1 Å². The van der Waals surface area contributed by atoms with Gasteiger partial charge in [-0.1, -0.05) is 30.3 Å². The van der Waals surface area contributed by atoms with E-state index in [1.54, 1.807) is 6.26 Å². The molecule has 5 nitrogen and oxygen atoms in total. The summed E-state index contributed by atoms with van der Waals surface area (Å²) < 4.78 is 16.6. The fourth-order valence-electron chi connectivity index (χ4n) is 3.16. The van der Waals surface area contributed by atoms with E-state index < -0.39 is 6.10 Å². The predicted molar refractivity (Wildman–Crippen MR) is 95.1 cm³/mol. The molecule has 2 atom stereocenters. The van der Waals surface area contributed by atoms with Crippen LogP contribution in [0.3, 0.4) is 0 Å². The van der Waals surface area contributed by atoms with Crippen LogP contribution in [-0.4, -0.2) is 48.5 Å². The van der Waals surface area contributed by atoms with E-state index in [0.29, 0.717) is 13.2 Å². The van der Waals surface area contributed by atoms with Crippen molar-refractivity contribution in [3.05, 3.63) is 60.1 Å². The average molecular weight is 345 g/mol. The van der Waals surface area contributed by atoms with Crippen molar-refractivity contribution in [2.75, 3.05) is 26.3 Å². The maximum atomic E-state index is 10.4. The number of nitrogens with zero attached hydrogens (tertiary/aromatic N) is 1. The van der Waals surface area contributed by atoms with Gasteiger partial charge < -0.3 is 19.0 Å². The zero-order valence-corrected chi connectivity index (χ0v) is 14.5. The highest BCUT2D eigenvalue weighted by atomic mass is 16.5. The summed E-state index contributed by atoms with van der Waals surface area (Å²) in [5.74, 6) is 0.771. The fourth-order valence-corrected chi connectivity index (χ4v) is 3.16. The van der Waals surface area contributed by atoms with E-state index in [1.165, 1.54) is 5.56 Å². The van der Waals surface area contributed by atoms with E-state index in [4.69, 9.17) is 13.9 Å². The number of hydrogen-bond acceptors (Lipinski definition) is 5. The van der Waals surface area contributed by atoms with Gasteiger partial charge >= 0.3 is 0 Å². The summed E-state index contributed by atoms with van der Waals surface area (Å²) in [6.45, 7) is 3.72. The standard InChI is InChI=1S/C20H27NO4/c22-18(15-23-16-20-9-5-11-25-20)13-21(14-19-8-4-10-24-19)12-17-6-2-1-3-7-17/h1-3,5-7,9,11,18-19,22H,4,8,10,12-16H2/t18-,19-/m0/s1. The molecule has 0 bridgehead atoms. The zero-order valence-electron chi connectivity index (χ0n) is 14.5. The summed E-state index contributed by atoms with van der Waals surface area (Å²) in [7, 11) is 0. The fraction of sp³-hybridized carbons (Fsp3) is 0.500. The molecule has 1 saturated heterocycles. The molecule has 0 saturated carbocycles. The molecule has 1 fully saturated rings. The van der Waals surface area contributed by atoms with E-state index in [0.717, 1.165) is 38.3 Å². The third kappa shape index (κ3) is 6.29. The number of benzene rings is 1. The van der Waals surface area contributed by atoms with Crippen molar-refractivity contribution in [3.63, 3.8) is 0 Å². The Kier molecular flexibility index (Phi) is 7.06. The lowest BCUT2D eigenvalue weighted by Gasteiger charge is -2.27. The van der Waals surface area contributed by atoms with Crippen LogP contribution in [0.2, 0.25) is 0 Å². The van der Waals surface area contributed by atoms with Crippen LogP contribution in [0, 0.1) is 0 Å². The summed E-state index contributed by atoms with van der Waals surface area (Å²) in [5, 5.41) is 10.4. The Morgan fingerprint density at radius 3 is 2.80 bits per heavy atom. The maximum Gasteiger partial charge on any atom is 0.129 e. The van der Waals surface area contributed by atoms with Crippen molar-refractivity contribution in [1.29, 1.82) is 0 Å². The molecular weight excluding hydrogens is 318 g/mol. The molecule has 136 valence electrons. The molecule has 1 aliphatic heterocycles. The number of ether oxygens (including phenoxy) is 2. The molecule has 25 heavy (non-hydrogen) atoms. The first kappa shape index (κ1) is 18.1. The van der Waals surface area contributed by atoms with Gasteiger partial charge in [-0.25, -0.2) is 0 Å². The van der Waals surface area contributed by atoms with Crippen molar-refractivity contribution < 1.29 is 19.0 Å². The molecule has 1 aliphatic rings. The van der Waals surface area contributed by atoms with Gasteiger partial charge in [-0.15, -0.1) is 0 Å². The normalized spacial score (nSPS) is 18.7. The minimum absolute atomic E-state index is 0.264. The minimum Gasteiger partial charge on any atom is -0.467 e. The van der Waals surface area contributed by atoms with Crippen LogP contribution in [-0.2, 0) is 22.6 Å². The summed E-state index contributed by atoms with van der Waals surface area (Å²) >= 11 is 0. The Morgan fingerprint density at radius 2 is 2.08 bits per heavy atom. The first-order valence-electron chi connectivity index (χ1n) is 8.95. The summed E-state index contributed by atoms with van der Waals surface area (Å²) in [5.41, 5.74) is 1.24. The topological polar surface area (TPSA) is 55.1 Å². The molecule has 3 rings (SSSR count). The number of hydrogen-bond donors (Lipinski definition) is 1. The molecular formula is C20H27NO4. The van der Waals surface area contributed by atoms with Crippen LogP contribution in [0.1, 0.15) is 24.2 Å². The first-order chi connectivity index (χ1) is 12.3. The van der Waals surface area contributed by atoms with Gasteiger partial charge in [0.2, 0.25) is 0 Å². The van der Waals surface area contributed by atoms with E-state index in [9.17, 15) is 5.11 Å². The van der Waals surface area contributed by atoms with Gasteiger partial charge in [-0.2, -0.15) is 0 Å². The number of rotatable bonds is 10. The molecule has 1 aromatic heterocycles. The van der Waals surface area contributed by atoms with Gasteiger partial charge in [-0.05, 0) is 30.5 Å². The number of furan rings is 1. The lowest BCUT2D eigenvalue weighted by Crippen LogP contribution is -2.39. The lowest BCUT2D eigenvalue weighted by atomic mass is 10.1. The Bertz CT molecular complexity index is 581. The number of aliphatic hydroxyl groups is 1. The molecule has 1 aromatic carbocycles. The van der Waals surface area contributed by atoms with Gasteiger partial charge in [0.1, 0.15) is 12.4 Å². The maximum absolute atomic E-state index is 10.4. The molecule has 0 aliphatic carbocycles. The molecule has 2 aromatic rings. The second-order valence-electron chi connectivity index (χ2n) is 6.56. The number of aliphatic hydroxyl groups excluding tert-OH is 1. The smallest absolute Gasteiger partial charge is 0.129 e. The van der Waals surface area contributed by atoms with Crippen LogP contribution in [0.4, 0.5) is 0 Å². The molecule has 0 spiro atoms. The second kappa shape index (κ2) is 9.73. The zero-order chi connectivity index (χ0) is 17.3. The van der Waals surface area contributed by atoms with E-state index in [2.05, 4.69) is 17.0 Å². The highest BCUT2D eigenvalue weighted by Gasteiger charge is 2.21. The Labute approximate surface area is 149 Å². The third-order valence-electron chi connectivity index (χ3n) is 4.34. The molecule has 1 N–H and O–H groups in total. The van der Waals surface area contributed by atoms with Crippen molar-refractivity contribution in [3.8, 4) is 0 Å². The second-order valence-corrected chi connectivity index (χ2v) is 6.56. The quantitative estimate of drug-likeness (QED) is 0.718. The monoisotopic (exact) mass is 345 g/mol. The van der Waals surface area contributed by atoms with Gasteiger partial charge in [0.15, 0.2) is 0 Å². The van der Waals surface area contributed by atoms with E-state index >= 15 is 0 Å². The van der Waals surface area contributed by atoms with E-state index in [-0.39, 0.29) is 12.7 Å². The van der Waals surface area contributed by atoms with Crippen LogP contribution >= 0.6 is 0 Å². The molecule has 2 heterocycles. The molecule has 0 amide bonds. The Morgan fingerprint density at radius 1 is 1.20 bits per heavy atom. The lowest BCUT2D eigenvalue weighted by molar-refractivity contribution is -0.00635. The molecule has 5 heteroatoms. The summed E-state index contributed by atoms with van der Waals surface area (Å²) in [4.78, 5) is 2.26. The van der Waals surface area contributed by atoms with Crippen molar-refractivity contribution in [2.45, 2.75) is 38.2 Å².